The van der Waals surface area contributed by atoms with Crippen LogP contribution in [0.1, 0.15) is 13.8 Å². The monoisotopic (exact) mass is 314 g/mol. The largest absolute Gasteiger partial charge is 0.381 e. The van der Waals surface area contributed by atoms with Gasteiger partial charge in [0.2, 0.25) is 0 Å². The summed E-state index contributed by atoms with van der Waals surface area (Å²) in [4.78, 5) is 0. The van der Waals surface area contributed by atoms with Gasteiger partial charge in [0.25, 0.3) is 0 Å². The highest BCUT2D eigenvalue weighted by Crippen LogP contribution is 2.59. The first-order valence-corrected chi connectivity index (χ1v) is 5.60. The minimum atomic E-state index is -6.27. The van der Waals surface area contributed by atoms with E-state index in [1.165, 1.54) is 0 Å². The second kappa shape index (κ2) is 3.96. The molecule has 0 aromatic heterocycles. The summed E-state index contributed by atoms with van der Waals surface area (Å²) in [6.45, 7) is 1.88. The lowest BCUT2D eigenvalue weighted by Gasteiger charge is -2.35. The van der Waals surface area contributed by atoms with Gasteiger partial charge in [-0.1, -0.05) is 0 Å². The van der Waals surface area contributed by atoms with Crippen molar-refractivity contribution in [2.75, 3.05) is 0 Å². The van der Waals surface area contributed by atoms with Crippen LogP contribution < -0.4 is 0 Å². The summed E-state index contributed by atoms with van der Waals surface area (Å²) >= 11 is 0. The van der Waals surface area contributed by atoms with Crippen molar-refractivity contribution >= 4 is 0 Å². The Bertz CT molecular complexity index is 372. The van der Waals surface area contributed by atoms with Crippen molar-refractivity contribution in [2.24, 2.45) is 0 Å². The molecule has 2 saturated heterocycles. The highest BCUT2D eigenvalue weighted by atomic mass is 19.4. The molecule has 0 N–H and O–H groups in total. The van der Waals surface area contributed by atoms with Crippen LogP contribution >= 0.6 is 0 Å². The number of rotatable bonds is 5. The van der Waals surface area contributed by atoms with Crippen molar-refractivity contribution in [1.29, 1.82) is 0 Å². The third kappa shape index (κ3) is 1.83. The van der Waals surface area contributed by atoms with Crippen LogP contribution in [0.4, 0.5) is 35.1 Å². The van der Waals surface area contributed by atoms with Crippen molar-refractivity contribution in [3.63, 3.8) is 0 Å². The minimum absolute atomic E-state index is 0.941. The van der Waals surface area contributed by atoms with Crippen LogP contribution in [0, 0.1) is 0 Å². The van der Waals surface area contributed by atoms with E-state index < -0.39 is 48.1 Å². The summed E-state index contributed by atoms with van der Waals surface area (Å²) < 4.78 is 115. The molecule has 0 aromatic carbocycles. The fraction of sp³-hybridized carbons (Fsp3) is 1.00. The van der Waals surface area contributed by atoms with Gasteiger partial charge < -0.3 is 9.47 Å². The van der Waals surface area contributed by atoms with Gasteiger partial charge in [-0.05, 0) is 13.8 Å². The van der Waals surface area contributed by atoms with Gasteiger partial charge in [0.1, 0.15) is 0 Å². The van der Waals surface area contributed by atoms with Gasteiger partial charge in [0, 0.05) is 0 Å². The number of halogens is 8. The Balaban J connectivity index is 2.31. The maximum atomic E-state index is 13.3. The highest BCUT2D eigenvalue weighted by molar-refractivity contribution is 5.14. The molecule has 0 unspecified atom stereocenters. The molecule has 0 amide bonds. The van der Waals surface area contributed by atoms with E-state index >= 15 is 0 Å². The minimum Gasteiger partial charge on any atom is -0.363 e. The van der Waals surface area contributed by atoms with Gasteiger partial charge in [-0.3, -0.25) is 0 Å². The zero-order valence-corrected chi connectivity index (χ0v) is 10.1. The molecular weight excluding hydrogens is 304 g/mol. The normalized spacial score (nSPS) is 35.1. The van der Waals surface area contributed by atoms with Crippen molar-refractivity contribution < 1.29 is 44.6 Å². The van der Waals surface area contributed by atoms with Crippen LogP contribution in [0.25, 0.3) is 0 Å². The second-order valence-electron chi connectivity index (χ2n) is 4.92. The number of epoxide rings is 2. The average Bonchev–Trinajstić information content (AvgIpc) is 3.16. The number of alkyl halides is 8. The van der Waals surface area contributed by atoms with Crippen molar-refractivity contribution in [1.82, 2.24) is 0 Å². The molecule has 2 aliphatic heterocycles. The smallest absolute Gasteiger partial charge is 0.363 e. The van der Waals surface area contributed by atoms with Gasteiger partial charge in [0.05, 0.1) is 12.2 Å². The van der Waals surface area contributed by atoms with Gasteiger partial charge in [0.15, 0.2) is 12.2 Å². The Hall–Kier alpha value is -0.640. The van der Waals surface area contributed by atoms with Gasteiger partial charge >= 0.3 is 23.7 Å². The summed E-state index contributed by atoms with van der Waals surface area (Å²) in [7, 11) is 0. The number of hydrogen-bond donors (Lipinski definition) is 0. The van der Waals surface area contributed by atoms with E-state index in [0.29, 0.717) is 0 Å². The Labute approximate surface area is 108 Å². The van der Waals surface area contributed by atoms with Crippen LogP contribution in [0.15, 0.2) is 0 Å². The first-order chi connectivity index (χ1) is 8.78. The van der Waals surface area contributed by atoms with Crippen molar-refractivity contribution in [2.45, 2.75) is 62.0 Å². The molecule has 0 spiro atoms. The van der Waals surface area contributed by atoms with Gasteiger partial charge in [-0.25, -0.2) is 0 Å². The molecule has 20 heavy (non-hydrogen) atoms. The summed E-state index contributed by atoms with van der Waals surface area (Å²) in [6.07, 6.45) is -7.85. The van der Waals surface area contributed by atoms with E-state index in [9.17, 15) is 35.1 Å². The van der Waals surface area contributed by atoms with E-state index in [4.69, 9.17) is 0 Å². The Kier molecular flexibility index (Phi) is 3.12. The summed E-state index contributed by atoms with van der Waals surface area (Å²) in [5.41, 5.74) is 0. The first-order valence-electron chi connectivity index (χ1n) is 5.60. The summed E-state index contributed by atoms with van der Waals surface area (Å²) in [5, 5.41) is 0. The highest BCUT2D eigenvalue weighted by Gasteiger charge is 2.87. The Morgan fingerprint density at radius 1 is 0.600 bits per heavy atom. The molecule has 4 atom stereocenters. The molecule has 118 valence electrons. The molecule has 0 radical (unpaired) electrons. The average molecular weight is 314 g/mol. The van der Waals surface area contributed by atoms with E-state index in [2.05, 4.69) is 9.47 Å². The predicted octanol–water partition coefficient (Wildman–Crippen LogP) is 3.10. The fourth-order valence-electron chi connectivity index (χ4n) is 1.91. The third-order valence-corrected chi connectivity index (χ3v) is 3.37. The van der Waals surface area contributed by atoms with E-state index in [1.807, 2.05) is 0 Å². The molecule has 0 saturated carbocycles. The molecular formula is C10H10F8O2. The van der Waals surface area contributed by atoms with Crippen LogP contribution in [-0.2, 0) is 9.47 Å². The molecule has 10 heteroatoms. The van der Waals surface area contributed by atoms with Crippen LogP contribution in [0.3, 0.4) is 0 Å². The molecule has 0 bridgehead atoms. The standard InChI is InChI=1S/C10H10F8O2/c1-3-5(19-3)7(11,12)9(15,16)10(17,18)8(13,14)6-4(2)20-6/h3-6H,1-2H3/t3-,4-,5-,6-/m0/s1. The second-order valence-corrected chi connectivity index (χ2v) is 4.92. The lowest BCUT2D eigenvalue weighted by atomic mass is 9.93. The SMILES string of the molecule is C[C@@H]1O[C@@H]1C(F)(F)C(F)(F)C(F)(F)C(F)(F)[C@H]1O[C@H]1C. The molecule has 0 aliphatic carbocycles. The molecule has 2 heterocycles. The van der Waals surface area contributed by atoms with Gasteiger partial charge in [-0.15, -0.1) is 0 Å². The third-order valence-electron chi connectivity index (χ3n) is 3.37. The Morgan fingerprint density at radius 3 is 0.950 bits per heavy atom. The van der Waals surface area contributed by atoms with Gasteiger partial charge in [-0.2, -0.15) is 35.1 Å². The number of hydrogen-bond acceptors (Lipinski definition) is 2. The lowest BCUT2D eigenvalue weighted by Crippen LogP contribution is -2.65. The Morgan fingerprint density at radius 2 is 0.800 bits per heavy atom. The first kappa shape index (κ1) is 15.7. The molecule has 2 fully saturated rings. The zero-order chi connectivity index (χ0) is 15.7. The van der Waals surface area contributed by atoms with Crippen molar-refractivity contribution in [3.05, 3.63) is 0 Å². The number of ether oxygens (including phenoxy) is 2. The van der Waals surface area contributed by atoms with Crippen molar-refractivity contribution in [3.8, 4) is 0 Å². The molecule has 2 rings (SSSR count). The van der Waals surface area contributed by atoms with Crippen LogP contribution in [-0.4, -0.2) is 48.1 Å². The van der Waals surface area contributed by atoms with Crippen LogP contribution in [0.5, 0.6) is 0 Å². The summed E-state index contributed by atoms with van der Waals surface area (Å²) in [5.74, 6) is -23.4. The van der Waals surface area contributed by atoms with E-state index in [0.717, 1.165) is 13.8 Å². The van der Waals surface area contributed by atoms with E-state index in [-0.39, 0.29) is 0 Å². The summed E-state index contributed by atoms with van der Waals surface area (Å²) in [6, 6.07) is 0. The zero-order valence-electron chi connectivity index (χ0n) is 10.1. The quantitative estimate of drug-likeness (QED) is 0.575. The fourth-order valence-corrected chi connectivity index (χ4v) is 1.91. The van der Waals surface area contributed by atoms with E-state index in [1.54, 1.807) is 0 Å². The lowest BCUT2D eigenvalue weighted by molar-refractivity contribution is -0.371. The maximum Gasteiger partial charge on any atom is 0.381 e. The predicted molar refractivity (Wildman–Crippen MR) is 48.5 cm³/mol. The van der Waals surface area contributed by atoms with Crippen LogP contribution in [0.2, 0.25) is 0 Å². The molecule has 2 aliphatic rings. The topological polar surface area (TPSA) is 25.1 Å². The maximum absolute atomic E-state index is 13.3. The molecule has 2 nitrogen and oxygen atoms in total. The molecule has 0 aromatic rings.